The van der Waals surface area contributed by atoms with Crippen molar-refractivity contribution in [2.75, 3.05) is 51.2 Å². The number of hydrogen-bond acceptors (Lipinski definition) is 8. The van der Waals surface area contributed by atoms with E-state index in [9.17, 15) is 14.4 Å². The maximum absolute atomic E-state index is 15.9. The molecule has 0 bridgehead atoms. The van der Waals surface area contributed by atoms with Crippen LogP contribution in [0.15, 0.2) is 53.3 Å². The molecule has 40 heavy (non-hydrogen) atoms. The van der Waals surface area contributed by atoms with E-state index in [4.69, 9.17) is 9.15 Å². The summed E-state index contributed by atoms with van der Waals surface area (Å²) in [5.74, 6) is -0.871. The van der Waals surface area contributed by atoms with E-state index in [0.29, 0.717) is 48.5 Å². The highest BCUT2D eigenvalue weighted by Crippen LogP contribution is 2.37. The fraction of sp³-hybridized carbons (Fsp3) is 0.448. The van der Waals surface area contributed by atoms with Gasteiger partial charge >= 0.3 is 17.9 Å². The number of para-hydroxylation sites is 1. The van der Waals surface area contributed by atoms with E-state index >= 15 is 4.39 Å². The molecule has 212 valence electrons. The molecule has 0 saturated carbocycles. The smallest absolute Gasteiger partial charge is 0.429 e. The van der Waals surface area contributed by atoms with E-state index in [2.05, 4.69) is 10.3 Å². The summed E-state index contributed by atoms with van der Waals surface area (Å²) < 4.78 is 25.5. The van der Waals surface area contributed by atoms with Crippen molar-refractivity contribution in [2.24, 2.45) is 0 Å². The Labute approximate surface area is 232 Å². The average Bonchev–Trinajstić information content (AvgIpc) is 3.59. The molecule has 0 spiro atoms. The highest BCUT2D eigenvalue weighted by Gasteiger charge is 2.59. The Balaban J connectivity index is 1.45. The van der Waals surface area contributed by atoms with Gasteiger partial charge in [-0.05, 0) is 43.2 Å². The van der Waals surface area contributed by atoms with Gasteiger partial charge in [-0.2, -0.15) is 4.39 Å². The first-order chi connectivity index (χ1) is 19.3. The van der Waals surface area contributed by atoms with Gasteiger partial charge in [0.05, 0.1) is 19.7 Å². The number of imide groups is 1. The van der Waals surface area contributed by atoms with Crippen LogP contribution in [0.3, 0.4) is 0 Å². The van der Waals surface area contributed by atoms with Crippen LogP contribution in [0.4, 0.5) is 14.9 Å². The van der Waals surface area contributed by atoms with Crippen LogP contribution in [0.25, 0.3) is 11.1 Å². The van der Waals surface area contributed by atoms with Crippen LogP contribution < -0.4 is 5.32 Å². The number of urea groups is 1. The first-order valence-electron chi connectivity index (χ1n) is 13.7. The number of alkyl halides is 1. The van der Waals surface area contributed by atoms with Gasteiger partial charge in [-0.25, -0.2) is 14.6 Å². The topological polar surface area (TPSA) is 105 Å². The zero-order valence-electron chi connectivity index (χ0n) is 22.8. The summed E-state index contributed by atoms with van der Waals surface area (Å²) in [5.41, 5.74) is 3.31. The summed E-state index contributed by atoms with van der Waals surface area (Å²) in [4.78, 5) is 48.2. The fourth-order valence-electron chi connectivity index (χ4n) is 5.63. The van der Waals surface area contributed by atoms with Gasteiger partial charge in [0.2, 0.25) is 6.30 Å². The number of carbonyl (C=O) groups excluding carboxylic acids is 3. The number of rotatable bonds is 7. The molecule has 1 N–H and O–H groups in total. The minimum absolute atomic E-state index is 0.0817. The average molecular weight is 553 g/mol. The Hall–Kier alpha value is -3.83. The van der Waals surface area contributed by atoms with Gasteiger partial charge in [-0.1, -0.05) is 24.3 Å². The highest BCUT2D eigenvalue weighted by molar-refractivity contribution is 5.91. The molecule has 3 aromatic rings. The van der Waals surface area contributed by atoms with Crippen molar-refractivity contribution in [1.29, 1.82) is 0 Å². The summed E-state index contributed by atoms with van der Waals surface area (Å²) in [6.07, 6.45) is 0.211. The van der Waals surface area contributed by atoms with Gasteiger partial charge in [-0.15, -0.1) is 4.48 Å². The van der Waals surface area contributed by atoms with Gasteiger partial charge in [0, 0.05) is 44.7 Å². The first kappa shape index (κ1) is 27.7. The van der Waals surface area contributed by atoms with Crippen molar-refractivity contribution in [1.82, 2.24) is 14.8 Å². The number of fused-ring (bicyclic) bond motifs is 1. The lowest BCUT2D eigenvalue weighted by atomic mass is 10.0. The molecule has 3 heterocycles. The number of aryl methyl sites for hydroxylation is 1. The molecular formula is C29H35FN5O5+. The molecule has 2 aromatic carbocycles. The van der Waals surface area contributed by atoms with E-state index in [1.165, 1.54) is 6.39 Å². The van der Waals surface area contributed by atoms with Gasteiger partial charge in [0.15, 0.2) is 18.0 Å². The Morgan fingerprint density at radius 2 is 1.95 bits per heavy atom. The second-order valence-corrected chi connectivity index (χ2v) is 10.3. The molecule has 5 rings (SSSR count). The third-order valence-corrected chi connectivity index (χ3v) is 7.85. The number of carbonyl (C=O) groups is 3. The summed E-state index contributed by atoms with van der Waals surface area (Å²) >= 11 is 0. The normalized spacial score (nSPS) is 22.3. The number of aromatic nitrogens is 1. The quantitative estimate of drug-likeness (QED) is 0.266. The minimum Gasteiger partial charge on any atom is -0.465 e. The lowest BCUT2D eigenvalue weighted by Crippen LogP contribution is -2.66. The number of halogens is 1. The van der Waals surface area contributed by atoms with Crippen LogP contribution in [0.5, 0.6) is 0 Å². The molecule has 2 fully saturated rings. The van der Waals surface area contributed by atoms with Gasteiger partial charge in [0.25, 0.3) is 0 Å². The number of oxazole rings is 1. The molecule has 11 heteroatoms. The zero-order valence-corrected chi connectivity index (χ0v) is 22.8. The SMILES string of the molecule is CCOC(=O)CN1CCN(C(=O)[N+]2(C(=O)C(Nc3ccccc3C)c3ccc4ncoc4c3)CCCC2F)CC1. The third kappa shape index (κ3) is 5.31. The fourth-order valence-corrected chi connectivity index (χ4v) is 5.63. The van der Waals surface area contributed by atoms with E-state index in [1.807, 2.05) is 36.1 Å². The maximum Gasteiger partial charge on any atom is 0.429 e. The summed E-state index contributed by atoms with van der Waals surface area (Å²) in [5, 5.41) is 3.32. The summed E-state index contributed by atoms with van der Waals surface area (Å²) in [7, 11) is 0. The van der Waals surface area contributed by atoms with Crippen molar-refractivity contribution in [2.45, 2.75) is 39.0 Å². The number of likely N-dealkylation sites (tertiary alicyclic amines) is 1. The monoisotopic (exact) mass is 552 g/mol. The molecule has 3 atom stereocenters. The number of ether oxygens (including phenoxy) is 1. The maximum atomic E-state index is 15.9. The number of piperazine rings is 1. The number of benzene rings is 2. The van der Waals surface area contributed by atoms with Crippen LogP contribution in [0.2, 0.25) is 0 Å². The molecule has 2 saturated heterocycles. The van der Waals surface area contributed by atoms with Gasteiger partial charge in [0.1, 0.15) is 5.52 Å². The second kappa shape index (κ2) is 11.7. The molecule has 3 unspecified atom stereocenters. The molecule has 2 aliphatic heterocycles. The van der Waals surface area contributed by atoms with Crippen LogP contribution in [-0.4, -0.2) is 89.3 Å². The Morgan fingerprint density at radius 3 is 2.65 bits per heavy atom. The number of esters is 1. The minimum atomic E-state index is -1.66. The van der Waals surface area contributed by atoms with Crippen LogP contribution >= 0.6 is 0 Å². The molecule has 0 aliphatic carbocycles. The molecule has 1 aromatic heterocycles. The number of anilines is 1. The third-order valence-electron chi connectivity index (χ3n) is 7.85. The van der Waals surface area contributed by atoms with Crippen LogP contribution in [0.1, 0.15) is 36.9 Å². The largest absolute Gasteiger partial charge is 0.465 e. The number of hydrogen-bond donors (Lipinski definition) is 1. The lowest BCUT2D eigenvalue weighted by Gasteiger charge is -2.40. The van der Waals surface area contributed by atoms with E-state index in [1.54, 1.807) is 30.0 Å². The van der Waals surface area contributed by atoms with E-state index < -0.39 is 28.8 Å². The molecule has 0 radical (unpaired) electrons. The van der Waals surface area contributed by atoms with E-state index in [-0.39, 0.29) is 38.6 Å². The Kier molecular flexibility index (Phi) is 8.13. The molecule has 3 amide bonds. The predicted octanol–water partition coefficient (Wildman–Crippen LogP) is 4.02. The highest BCUT2D eigenvalue weighted by atomic mass is 19.1. The van der Waals surface area contributed by atoms with Crippen molar-refractivity contribution in [3.63, 3.8) is 0 Å². The lowest BCUT2D eigenvalue weighted by molar-refractivity contribution is -0.808. The number of quaternary nitrogens is 1. The Morgan fingerprint density at radius 1 is 1.18 bits per heavy atom. The second-order valence-electron chi connectivity index (χ2n) is 10.3. The van der Waals surface area contributed by atoms with Crippen LogP contribution in [-0.2, 0) is 14.3 Å². The first-order valence-corrected chi connectivity index (χ1v) is 13.7. The number of amides is 3. The van der Waals surface area contributed by atoms with Crippen molar-refractivity contribution in [3.05, 3.63) is 60.0 Å². The van der Waals surface area contributed by atoms with Gasteiger partial charge in [-0.3, -0.25) is 14.6 Å². The van der Waals surface area contributed by atoms with Gasteiger partial charge < -0.3 is 14.5 Å². The summed E-state index contributed by atoms with van der Waals surface area (Å²) in [6.45, 7) is 5.64. The number of nitrogens with zero attached hydrogens (tertiary/aromatic N) is 4. The van der Waals surface area contributed by atoms with Crippen molar-refractivity contribution >= 4 is 34.7 Å². The zero-order chi connectivity index (χ0) is 28.3. The molecular weight excluding hydrogens is 517 g/mol. The van der Waals surface area contributed by atoms with E-state index in [0.717, 1.165) is 5.56 Å². The summed E-state index contributed by atoms with van der Waals surface area (Å²) in [6, 6.07) is 11.2. The Bertz CT molecular complexity index is 1390. The van der Waals surface area contributed by atoms with Crippen molar-refractivity contribution < 1.29 is 32.4 Å². The number of nitrogens with one attached hydrogen (secondary N) is 1. The molecule has 10 nitrogen and oxygen atoms in total. The van der Waals surface area contributed by atoms with Crippen molar-refractivity contribution in [3.8, 4) is 0 Å². The standard InChI is InChI=1S/C29H35FN5O5/c1-3-39-26(36)18-33-12-14-34(15-13-33)29(38)35(16-6-9-25(35)30)28(37)27(32-22-8-5-4-7-20(22)2)21-10-11-23-24(17-21)40-19-31-23/h4-5,7-8,10-11,17,19,25,27,32H,3,6,9,12-16,18H2,1-2H3/q+1. The van der Waals surface area contributed by atoms with Crippen LogP contribution in [0, 0.1) is 6.92 Å². The molecule has 2 aliphatic rings. The predicted molar refractivity (Wildman–Crippen MR) is 146 cm³/mol.